The largest absolute Gasteiger partial charge is 0.465 e. The Morgan fingerprint density at radius 1 is 1.13 bits per heavy atom. The third-order valence-electron chi connectivity index (χ3n) is 3.63. The molecule has 1 aromatic rings. The molecule has 0 aliphatic heterocycles. The number of nitro groups is 1. The molecule has 0 saturated carbocycles. The highest BCUT2D eigenvalue weighted by atomic mass is 16.6. The molecule has 7 nitrogen and oxygen atoms in total. The maximum atomic E-state index is 12.4. The van der Waals surface area contributed by atoms with E-state index in [4.69, 9.17) is 9.47 Å². The van der Waals surface area contributed by atoms with Crippen molar-refractivity contribution in [1.29, 1.82) is 0 Å². The monoisotopic (exact) mass is 323 g/mol. The summed E-state index contributed by atoms with van der Waals surface area (Å²) in [5.74, 6) is -2.64. The van der Waals surface area contributed by atoms with E-state index in [2.05, 4.69) is 0 Å². The predicted molar refractivity (Wildman–Crippen MR) is 82.4 cm³/mol. The van der Waals surface area contributed by atoms with Crippen LogP contribution in [0.2, 0.25) is 0 Å². The van der Waals surface area contributed by atoms with Gasteiger partial charge in [0, 0.05) is 4.92 Å². The van der Waals surface area contributed by atoms with E-state index >= 15 is 0 Å². The molecule has 126 valence electrons. The minimum atomic E-state index is -1.79. The van der Waals surface area contributed by atoms with Crippen molar-refractivity contribution in [2.24, 2.45) is 5.41 Å². The van der Waals surface area contributed by atoms with Gasteiger partial charge in [-0.05, 0) is 26.3 Å². The lowest BCUT2D eigenvalue weighted by atomic mass is 9.73. The van der Waals surface area contributed by atoms with Crippen LogP contribution in [0.15, 0.2) is 30.3 Å². The Morgan fingerprint density at radius 3 is 2.00 bits per heavy atom. The molecule has 0 N–H and O–H groups in total. The number of nitrogens with zero attached hydrogens (tertiary/aromatic N) is 1. The van der Waals surface area contributed by atoms with Crippen LogP contribution in [0, 0.1) is 15.5 Å². The van der Waals surface area contributed by atoms with E-state index in [0.717, 1.165) is 0 Å². The first-order valence-electron chi connectivity index (χ1n) is 7.39. The highest BCUT2D eigenvalue weighted by molar-refractivity contribution is 6.00. The molecule has 0 aromatic heterocycles. The van der Waals surface area contributed by atoms with Gasteiger partial charge in [0.15, 0.2) is 5.41 Å². The van der Waals surface area contributed by atoms with E-state index in [-0.39, 0.29) is 13.2 Å². The maximum absolute atomic E-state index is 12.4. The topological polar surface area (TPSA) is 95.7 Å². The summed E-state index contributed by atoms with van der Waals surface area (Å²) in [6.45, 7) is 4.09. The Labute approximate surface area is 134 Å². The van der Waals surface area contributed by atoms with Crippen molar-refractivity contribution in [3.63, 3.8) is 0 Å². The molecule has 0 aliphatic rings. The Morgan fingerprint density at radius 2 is 1.61 bits per heavy atom. The first kappa shape index (κ1) is 18.6. The zero-order valence-electron chi connectivity index (χ0n) is 13.5. The van der Waals surface area contributed by atoms with Gasteiger partial charge in [-0.2, -0.15) is 0 Å². The minimum absolute atomic E-state index is 0.0633. The molecular formula is C16H21NO6. The van der Waals surface area contributed by atoms with Crippen LogP contribution in [0.5, 0.6) is 0 Å². The van der Waals surface area contributed by atoms with Crippen molar-refractivity contribution >= 4 is 11.9 Å². The van der Waals surface area contributed by atoms with Crippen molar-refractivity contribution in [1.82, 2.24) is 0 Å². The molecular weight excluding hydrogens is 302 g/mol. The second kappa shape index (κ2) is 8.26. The number of rotatable bonds is 8. The van der Waals surface area contributed by atoms with E-state index in [1.54, 1.807) is 44.2 Å². The van der Waals surface area contributed by atoms with Gasteiger partial charge in [0.05, 0.1) is 19.1 Å². The van der Waals surface area contributed by atoms with Crippen LogP contribution in [-0.2, 0) is 19.1 Å². The number of carbonyl (C=O) groups is 2. The number of ether oxygens (including phenoxy) is 2. The van der Waals surface area contributed by atoms with E-state index < -0.39 is 34.7 Å². The van der Waals surface area contributed by atoms with Gasteiger partial charge in [-0.15, -0.1) is 0 Å². The zero-order valence-corrected chi connectivity index (χ0v) is 13.5. The molecule has 0 aliphatic carbocycles. The zero-order chi connectivity index (χ0) is 17.5. The molecule has 0 spiro atoms. The number of esters is 2. The fraction of sp³-hybridized carbons (Fsp3) is 0.500. The second-order valence-corrected chi connectivity index (χ2v) is 5.12. The highest BCUT2D eigenvalue weighted by Crippen LogP contribution is 2.38. The SMILES string of the molecule is CCOC(=O)C(C)(C(=O)OCC)C(C[N+](=O)[O-])c1ccccc1. The maximum Gasteiger partial charge on any atom is 0.324 e. The van der Waals surface area contributed by atoms with Crippen molar-refractivity contribution < 1.29 is 24.0 Å². The molecule has 0 fully saturated rings. The lowest BCUT2D eigenvalue weighted by Crippen LogP contribution is -2.46. The fourth-order valence-corrected chi connectivity index (χ4v) is 2.39. The molecule has 7 heteroatoms. The third-order valence-corrected chi connectivity index (χ3v) is 3.63. The van der Waals surface area contributed by atoms with Gasteiger partial charge in [0.1, 0.15) is 0 Å². The molecule has 23 heavy (non-hydrogen) atoms. The standard InChI is InChI=1S/C16H21NO6/c1-4-22-14(18)16(3,15(19)23-5-2)13(11-17(20)21)12-9-7-6-8-10-12/h6-10,13H,4-5,11H2,1-3H3. The Kier molecular flexibility index (Phi) is 6.68. The van der Waals surface area contributed by atoms with Crippen LogP contribution in [0.4, 0.5) is 0 Å². The number of carbonyl (C=O) groups excluding carboxylic acids is 2. The third kappa shape index (κ3) is 4.28. The van der Waals surface area contributed by atoms with Crippen LogP contribution in [-0.4, -0.2) is 36.6 Å². The molecule has 1 aromatic carbocycles. The van der Waals surface area contributed by atoms with Gasteiger partial charge in [-0.1, -0.05) is 30.3 Å². The Balaban J connectivity index is 3.39. The van der Waals surface area contributed by atoms with Crippen LogP contribution in [0.25, 0.3) is 0 Å². The average molecular weight is 323 g/mol. The first-order valence-corrected chi connectivity index (χ1v) is 7.39. The predicted octanol–water partition coefficient (Wildman–Crippen LogP) is 2.18. The fourth-order valence-electron chi connectivity index (χ4n) is 2.39. The van der Waals surface area contributed by atoms with Gasteiger partial charge in [-0.25, -0.2) is 0 Å². The summed E-state index contributed by atoms with van der Waals surface area (Å²) in [6, 6.07) is 8.42. The van der Waals surface area contributed by atoms with Gasteiger partial charge in [-0.3, -0.25) is 19.7 Å². The molecule has 1 unspecified atom stereocenters. The number of hydrogen-bond acceptors (Lipinski definition) is 6. The second-order valence-electron chi connectivity index (χ2n) is 5.12. The van der Waals surface area contributed by atoms with Crippen LogP contribution >= 0.6 is 0 Å². The Bertz CT molecular complexity index is 539. The summed E-state index contributed by atoms with van der Waals surface area (Å²) in [4.78, 5) is 35.4. The normalized spacial score (nSPS) is 12.3. The van der Waals surface area contributed by atoms with E-state index in [1.807, 2.05) is 0 Å². The van der Waals surface area contributed by atoms with Crippen LogP contribution < -0.4 is 0 Å². The van der Waals surface area contributed by atoms with E-state index in [0.29, 0.717) is 5.56 Å². The molecule has 1 atom stereocenters. The van der Waals surface area contributed by atoms with Gasteiger partial charge in [0.2, 0.25) is 6.54 Å². The molecule has 0 radical (unpaired) electrons. The van der Waals surface area contributed by atoms with E-state index in [9.17, 15) is 19.7 Å². The van der Waals surface area contributed by atoms with Crippen molar-refractivity contribution in [3.8, 4) is 0 Å². The Hall–Kier alpha value is -2.44. The summed E-state index contributed by atoms with van der Waals surface area (Å²) >= 11 is 0. The number of benzene rings is 1. The van der Waals surface area contributed by atoms with Gasteiger partial charge >= 0.3 is 11.9 Å². The molecule has 1 rings (SSSR count). The van der Waals surface area contributed by atoms with Gasteiger partial charge in [0.25, 0.3) is 0 Å². The summed E-state index contributed by atoms with van der Waals surface area (Å²) in [5, 5.41) is 11.1. The lowest BCUT2D eigenvalue weighted by molar-refractivity contribution is -0.485. The van der Waals surface area contributed by atoms with Crippen molar-refractivity contribution in [2.45, 2.75) is 26.7 Å². The lowest BCUT2D eigenvalue weighted by Gasteiger charge is -2.31. The van der Waals surface area contributed by atoms with E-state index in [1.165, 1.54) is 6.92 Å². The summed E-state index contributed by atoms with van der Waals surface area (Å²) in [5.41, 5.74) is -1.28. The summed E-state index contributed by atoms with van der Waals surface area (Å²) < 4.78 is 9.99. The smallest absolute Gasteiger partial charge is 0.324 e. The molecule has 0 saturated heterocycles. The quantitative estimate of drug-likeness (QED) is 0.315. The molecule has 0 amide bonds. The molecule has 0 bridgehead atoms. The average Bonchev–Trinajstić information content (AvgIpc) is 2.53. The highest BCUT2D eigenvalue weighted by Gasteiger charge is 2.53. The van der Waals surface area contributed by atoms with Gasteiger partial charge < -0.3 is 9.47 Å². The van der Waals surface area contributed by atoms with Crippen LogP contribution in [0.3, 0.4) is 0 Å². The first-order chi connectivity index (χ1) is 10.9. The number of hydrogen-bond donors (Lipinski definition) is 0. The minimum Gasteiger partial charge on any atom is -0.465 e. The molecule has 0 heterocycles. The van der Waals surface area contributed by atoms with Crippen molar-refractivity contribution in [3.05, 3.63) is 46.0 Å². The van der Waals surface area contributed by atoms with Crippen LogP contribution in [0.1, 0.15) is 32.3 Å². The van der Waals surface area contributed by atoms with Crippen molar-refractivity contribution in [2.75, 3.05) is 19.8 Å². The summed E-state index contributed by atoms with van der Waals surface area (Å²) in [6.07, 6.45) is 0. The summed E-state index contributed by atoms with van der Waals surface area (Å²) in [7, 11) is 0.